The van der Waals surface area contributed by atoms with Gasteiger partial charge in [0.15, 0.2) is 0 Å². The van der Waals surface area contributed by atoms with Crippen LogP contribution < -0.4 is 10.2 Å². The lowest BCUT2D eigenvalue weighted by Gasteiger charge is -2.23. The van der Waals surface area contributed by atoms with Gasteiger partial charge in [0.2, 0.25) is 0 Å². The summed E-state index contributed by atoms with van der Waals surface area (Å²) in [7, 11) is 1.53. The molecule has 0 saturated carbocycles. The van der Waals surface area contributed by atoms with E-state index in [9.17, 15) is 13.2 Å². The number of likely N-dealkylation sites (N-methyl/N-ethyl adjacent to an activating group) is 1. The van der Waals surface area contributed by atoms with Gasteiger partial charge in [0.1, 0.15) is 0 Å². The van der Waals surface area contributed by atoms with Gasteiger partial charge in [0, 0.05) is 25.8 Å². The zero-order valence-electron chi connectivity index (χ0n) is 11.1. The Morgan fingerprint density at radius 1 is 1.32 bits per heavy atom. The maximum Gasteiger partial charge on any atom is 0.418 e. The van der Waals surface area contributed by atoms with Crippen LogP contribution in [0.4, 0.5) is 18.9 Å². The lowest BCUT2D eigenvalue weighted by molar-refractivity contribution is -0.137. The van der Waals surface area contributed by atoms with E-state index in [2.05, 4.69) is 5.32 Å². The number of nitrogens with zero attached hydrogens (tertiary/aromatic N) is 1. The van der Waals surface area contributed by atoms with Crippen molar-refractivity contribution in [3.05, 3.63) is 29.3 Å². The molecule has 0 unspecified atom stereocenters. The Kier molecular flexibility index (Phi) is 5.62. The zero-order valence-corrected chi connectivity index (χ0v) is 11.1. The maximum atomic E-state index is 13.0. The minimum Gasteiger partial charge on any atom is -0.395 e. The van der Waals surface area contributed by atoms with Crippen LogP contribution in [0.1, 0.15) is 18.1 Å². The van der Waals surface area contributed by atoms with Crippen LogP contribution in [0.2, 0.25) is 0 Å². The van der Waals surface area contributed by atoms with E-state index in [1.165, 1.54) is 18.0 Å². The summed E-state index contributed by atoms with van der Waals surface area (Å²) < 4.78 is 39.1. The summed E-state index contributed by atoms with van der Waals surface area (Å²) in [5.41, 5.74) is 0.0102. The Morgan fingerprint density at radius 3 is 2.53 bits per heavy atom. The average Bonchev–Trinajstić information content (AvgIpc) is 2.35. The SMILES string of the molecule is CCNCc1ccc(N(C)CCO)c(C(F)(F)F)c1. The second-order valence-corrected chi connectivity index (χ2v) is 4.27. The fourth-order valence-electron chi connectivity index (χ4n) is 1.79. The lowest BCUT2D eigenvalue weighted by Crippen LogP contribution is -2.25. The third-order valence-corrected chi connectivity index (χ3v) is 2.79. The minimum atomic E-state index is -4.40. The minimum absolute atomic E-state index is 0.0850. The van der Waals surface area contributed by atoms with Crippen molar-refractivity contribution >= 4 is 5.69 Å². The summed E-state index contributed by atoms with van der Waals surface area (Å²) in [6, 6.07) is 4.28. The first-order valence-electron chi connectivity index (χ1n) is 6.13. The van der Waals surface area contributed by atoms with Gasteiger partial charge >= 0.3 is 6.18 Å². The molecule has 0 aromatic heterocycles. The molecule has 0 saturated heterocycles. The molecule has 19 heavy (non-hydrogen) atoms. The van der Waals surface area contributed by atoms with Gasteiger partial charge in [-0.1, -0.05) is 13.0 Å². The first kappa shape index (κ1) is 15.8. The highest BCUT2D eigenvalue weighted by atomic mass is 19.4. The summed E-state index contributed by atoms with van der Waals surface area (Å²) in [4.78, 5) is 1.40. The summed E-state index contributed by atoms with van der Waals surface area (Å²) in [6.45, 7) is 2.98. The number of alkyl halides is 3. The van der Waals surface area contributed by atoms with Crippen molar-refractivity contribution in [1.29, 1.82) is 0 Å². The topological polar surface area (TPSA) is 35.5 Å². The fourth-order valence-corrected chi connectivity index (χ4v) is 1.79. The normalized spacial score (nSPS) is 11.7. The molecule has 1 aromatic rings. The van der Waals surface area contributed by atoms with Crippen LogP contribution in [0.25, 0.3) is 0 Å². The van der Waals surface area contributed by atoms with Crippen LogP contribution in [0.5, 0.6) is 0 Å². The van der Waals surface area contributed by atoms with E-state index in [-0.39, 0.29) is 18.8 Å². The summed E-state index contributed by atoms with van der Waals surface area (Å²) in [6.07, 6.45) is -4.40. The second-order valence-electron chi connectivity index (χ2n) is 4.27. The van der Waals surface area contributed by atoms with Crippen LogP contribution >= 0.6 is 0 Å². The van der Waals surface area contributed by atoms with Crippen LogP contribution in [-0.2, 0) is 12.7 Å². The van der Waals surface area contributed by atoms with Gasteiger partial charge in [0.25, 0.3) is 0 Å². The van der Waals surface area contributed by atoms with Gasteiger partial charge in [-0.15, -0.1) is 0 Å². The highest BCUT2D eigenvalue weighted by Gasteiger charge is 2.34. The van der Waals surface area contributed by atoms with Gasteiger partial charge in [-0.2, -0.15) is 13.2 Å². The number of anilines is 1. The van der Waals surface area contributed by atoms with Gasteiger partial charge < -0.3 is 15.3 Å². The number of aliphatic hydroxyl groups is 1. The van der Waals surface area contributed by atoms with Crippen molar-refractivity contribution in [2.75, 3.05) is 31.6 Å². The van der Waals surface area contributed by atoms with Crippen LogP contribution in [0.3, 0.4) is 0 Å². The van der Waals surface area contributed by atoms with Gasteiger partial charge in [-0.25, -0.2) is 0 Å². The van der Waals surface area contributed by atoms with E-state index in [1.807, 2.05) is 6.92 Å². The van der Waals surface area contributed by atoms with Crippen LogP contribution in [0.15, 0.2) is 18.2 Å². The van der Waals surface area contributed by atoms with Crippen molar-refractivity contribution in [1.82, 2.24) is 5.32 Å². The highest BCUT2D eigenvalue weighted by molar-refractivity contribution is 5.56. The monoisotopic (exact) mass is 276 g/mol. The Hall–Kier alpha value is -1.27. The van der Waals surface area contributed by atoms with E-state index < -0.39 is 11.7 Å². The number of benzene rings is 1. The Bertz CT molecular complexity index is 407. The number of rotatable bonds is 6. The van der Waals surface area contributed by atoms with Crippen molar-refractivity contribution < 1.29 is 18.3 Å². The molecular formula is C13H19F3N2O. The van der Waals surface area contributed by atoms with Gasteiger partial charge in [0.05, 0.1) is 12.2 Å². The molecule has 1 rings (SSSR count). The van der Waals surface area contributed by atoms with Crippen LogP contribution in [-0.4, -0.2) is 31.9 Å². The number of halogens is 3. The average molecular weight is 276 g/mol. The molecular weight excluding hydrogens is 257 g/mol. The molecule has 108 valence electrons. The Balaban J connectivity index is 3.10. The van der Waals surface area contributed by atoms with Crippen molar-refractivity contribution in [3.63, 3.8) is 0 Å². The first-order valence-corrected chi connectivity index (χ1v) is 6.13. The molecule has 0 atom stereocenters. The number of nitrogens with one attached hydrogen (secondary N) is 1. The smallest absolute Gasteiger partial charge is 0.395 e. The molecule has 6 heteroatoms. The third kappa shape index (κ3) is 4.40. The van der Waals surface area contributed by atoms with E-state index >= 15 is 0 Å². The van der Waals surface area contributed by atoms with E-state index in [1.54, 1.807) is 6.07 Å². The number of aliphatic hydroxyl groups excluding tert-OH is 1. The highest BCUT2D eigenvalue weighted by Crippen LogP contribution is 2.36. The molecule has 0 aliphatic carbocycles. The molecule has 0 heterocycles. The van der Waals surface area contributed by atoms with Crippen molar-refractivity contribution in [2.24, 2.45) is 0 Å². The maximum absolute atomic E-state index is 13.0. The van der Waals surface area contributed by atoms with Gasteiger partial charge in [-0.3, -0.25) is 0 Å². The molecule has 0 aliphatic rings. The summed E-state index contributed by atoms with van der Waals surface area (Å²) in [5.74, 6) is 0. The molecule has 3 nitrogen and oxygen atoms in total. The predicted molar refractivity (Wildman–Crippen MR) is 69.2 cm³/mol. The zero-order chi connectivity index (χ0) is 14.5. The number of hydrogen-bond acceptors (Lipinski definition) is 3. The van der Waals surface area contributed by atoms with Gasteiger partial charge in [-0.05, 0) is 24.2 Å². The molecule has 0 fully saturated rings. The van der Waals surface area contributed by atoms with Crippen molar-refractivity contribution in [2.45, 2.75) is 19.6 Å². The third-order valence-electron chi connectivity index (χ3n) is 2.79. The van der Waals surface area contributed by atoms with E-state index in [4.69, 9.17) is 5.11 Å². The second kappa shape index (κ2) is 6.77. The molecule has 0 amide bonds. The van der Waals surface area contributed by atoms with E-state index in [0.717, 1.165) is 6.07 Å². The molecule has 0 aliphatic heterocycles. The Morgan fingerprint density at radius 2 is 2.00 bits per heavy atom. The largest absolute Gasteiger partial charge is 0.418 e. The Labute approximate surface area is 111 Å². The molecule has 0 bridgehead atoms. The van der Waals surface area contributed by atoms with Crippen molar-refractivity contribution in [3.8, 4) is 0 Å². The molecule has 0 radical (unpaired) electrons. The molecule has 0 spiro atoms. The fraction of sp³-hybridized carbons (Fsp3) is 0.538. The van der Waals surface area contributed by atoms with E-state index in [0.29, 0.717) is 18.7 Å². The summed E-state index contributed by atoms with van der Waals surface area (Å²) in [5, 5.41) is 11.8. The molecule has 1 aromatic carbocycles. The summed E-state index contributed by atoms with van der Waals surface area (Å²) >= 11 is 0. The quantitative estimate of drug-likeness (QED) is 0.836. The van der Waals surface area contributed by atoms with Crippen LogP contribution in [0, 0.1) is 0 Å². The lowest BCUT2D eigenvalue weighted by atomic mass is 10.1. The standard InChI is InChI=1S/C13H19F3N2O/c1-3-17-9-10-4-5-12(18(2)6-7-19)11(8-10)13(14,15)16/h4-5,8,17,19H,3,6-7,9H2,1-2H3. The predicted octanol–water partition coefficient (Wildman–Crippen LogP) is 2.24. The first-order chi connectivity index (χ1) is 8.90. The number of hydrogen-bond donors (Lipinski definition) is 2. The molecule has 2 N–H and O–H groups in total.